The van der Waals surface area contributed by atoms with Gasteiger partial charge in [-0.3, -0.25) is 9.69 Å². The number of nitrogens with two attached hydrogens (primary N) is 1. The summed E-state index contributed by atoms with van der Waals surface area (Å²) in [7, 11) is 0. The van der Waals surface area contributed by atoms with Crippen LogP contribution in [0.15, 0.2) is 24.3 Å². The second kappa shape index (κ2) is 7.78. The number of amides is 1. The molecule has 1 aliphatic heterocycles. The summed E-state index contributed by atoms with van der Waals surface area (Å²) in [6.07, 6.45) is 3.43. The number of nitrogens with one attached hydrogen (secondary N) is 1. The summed E-state index contributed by atoms with van der Waals surface area (Å²) in [5.41, 5.74) is 6.53. The van der Waals surface area contributed by atoms with Gasteiger partial charge < -0.3 is 11.1 Å². The molecule has 0 aliphatic carbocycles. The highest BCUT2D eigenvalue weighted by atomic mass is 35.5. The number of rotatable bonds is 5. The van der Waals surface area contributed by atoms with Crippen molar-refractivity contribution >= 4 is 23.2 Å². The third-order valence-corrected chi connectivity index (χ3v) is 4.62. The molecule has 1 amide bonds. The number of halogens is 1. The molecule has 2 rings (SSSR count). The van der Waals surface area contributed by atoms with Gasteiger partial charge in [0.2, 0.25) is 5.91 Å². The minimum absolute atomic E-state index is 0.0310. The van der Waals surface area contributed by atoms with Crippen LogP contribution < -0.4 is 11.1 Å². The number of hydrogen-bond donors (Lipinski definition) is 2. The van der Waals surface area contributed by atoms with Crippen LogP contribution in [0.2, 0.25) is 5.02 Å². The Bertz CT molecular complexity index is 480. The summed E-state index contributed by atoms with van der Waals surface area (Å²) in [6, 6.07) is 7.59. The number of piperidine rings is 1. The third-order valence-electron chi connectivity index (χ3n) is 4.29. The number of nitrogens with zero attached hydrogens (tertiary/aromatic N) is 1. The predicted molar refractivity (Wildman–Crippen MR) is 87.5 cm³/mol. The maximum atomic E-state index is 12.2. The van der Waals surface area contributed by atoms with E-state index in [-0.39, 0.29) is 5.91 Å². The predicted octanol–water partition coefficient (Wildman–Crippen LogP) is 2.73. The van der Waals surface area contributed by atoms with Gasteiger partial charge in [0.15, 0.2) is 0 Å². The van der Waals surface area contributed by atoms with Crippen molar-refractivity contribution < 1.29 is 4.79 Å². The van der Waals surface area contributed by atoms with Gasteiger partial charge in [0.25, 0.3) is 0 Å². The Kier molecular flexibility index (Phi) is 6.03. The first-order valence-corrected chi connectivity index (χ1v) is 8.00. The van der Waals surface area contributed by atoms with E-state index >= 15 is 0 Å². The van der Waals surface area contributed by atoms with Gasteiger partial charge in [-0.2, -0.15) is 0 Å². The molecular weight excluding hydrogens is 286 g/mol. The summed E-state index contributed by atoms with van der Waals surface area (Å²) in [5.74, 6) is 0.706. The highest BCUT2D eigenvalue weighted by Gasteiger charge is 2.27. The molecule has 1 aromatic carbocycles. The van der Waals surface area contributed by atoms with Crippen molar-refractivity contribution in [2.45, 2.75) is 32.2 Å². The van der Waals surface area contributed by atoms with Crippen molar-refractivity contribution in [2.24, 2.45) is 11.7 Å². The molecule has 3 N–H and O–H groups in total. The normalized spacial score (nSPS) is 23.0. The summed E-state index contributed by atoms with van der Waals surface area (Å²) < 4.78 is 0. The lowest BCUT2D eigenvalue weighted by Gasteiger charge is -2.38. The van der Waals surface area contributed by atoms with E-state index in [0.29, 0.717) is 29.8 Å². The third kappa shape index (κ3) is 4.43. The highest BCUT2D eigenvalue weighted by molar-refractivity contribution is 6.33. The Morgan fingerprint density at radius 2 is 2.24 bits per heavy atom. The van der Waals surface area contributed by atoms with Crippen LogP contribution in [0.3, 0.4) is 0 Å². The van der Waals surface area contributed by atoms with Crippen LogP contribution in [-0.2, 0) is 4.79 Å². The van der Waals surface area contributed by atoms with Gasteiger partial charge >= 0.3 is 0 Å². The van der Waals surface area contributed by atoms with Crippen LogP contribution in [-0.4, -0.2) is 36.5 Å². The van der Waals surface area contributed by atoms with E-state index in [9.17, 15) is 4.79 Å². The fourth-order valence-corrected chi connectivity index (χ4v) is 3.13. The first-order valence-electron chi connectivity index (χ1n) is 7.62. The Balaban J connectivity index is 1.91. The Hall–Kier alpha value is -1.10. The number of carbonyl (C=O) groups is 1. The molecule has 2 unspecified atom stereocenters. The first-order chi connectivity index (χ1) is 10.1. The van der Waals surface area contributed by atoms with Gasteiger partial charge in [-0.25, -0.2) is 0 Å². The van der Waals surface area contributed by atoms with Crippen LogP contribution >= 0.6 is 11.6 Å². The number of benzene rings is 1. The molecular formula is C16H24ClN3O. The first kappa shape index (κ1) is 16.3. The van der Waals surface area contributed by atoms with Crippen LogP contribution in [0, 0.1) is 5.92 Å². The Labute approximate surface area is 131 Å². The van der Waals surface area contributed by atoms with Crippen molar-refractivity contribution in [3.63, 3.8) is 0 Å². The lowest BCUT2D eigenvalue weighted by atomic mass is 9.89. The standard InChI is InChI=1S/C16H24ClN3O/c1-2-12-7-8-20(13(9-12)10-18)11-16(21)19-15-6-4-3-5-14(15)17/h3-6,12-13H,2,7-11,18H2,1H3,(H,19,21). The van der Waals surface area contributed by atoms with Gasteiger partial charge in [0.05, 0.1) is 17.3 Å². The van der Waals surface area contributed by atoms with Crippen LogP contribution in [0.5, 0.6) is 0 Å². The van der Waals surface area contributed by atoms with Gasteiger partial charge in [-0.15, -0.1) is 0 Å². The summed E-state index contributed by atoms with van der Waals surface area (Å²) in [5, 5.41) is 3.44. The maximum Gasteiger partial charge on any atom is 0.238 e. The SMILES string of the molecule is CCC1CCN(CC(=O)Nc2ccccc2Cl)C(CN)C1. The highest BCUT2D eigenvalue weighted by Crippen LogP contribution is 2.25. The molecule has 1 saturated heterocycles. The van der Waals surface area contributed by atoms with Crippen LogP contribution in [0.25, 0.3) is 0 Å². The average molecular weight is 310 g/mol. The van der Waals surface area contributed by atoms with E-state index < -0.39 is 0 Å². The van der Waals surface area contributed by atoms with E-state index in [1.807, 2.05) is 18.2 Å². The van der Waals surface area contributed by atoms with E-state index in [1.165, 1.54) is 6.42 Å². The number of anilines is 1. The quantitative estimate of drug-likeness (QED) is 0.879. The van der Waals surface area contributed by atoms with Crippen molar-refractivity contribution in [3.05, 3.63) is 29.3 Å². The maximum absolute atomic E-state index is 12.2. The lowest BCUT2D eigenvalue weighted by molar-refractivity contribution is -0.118. The fraction of sp³-hybridized carbons (Fsp3) is 0.562. The van der Waals surface area contributed by atoms with Crippen LogP contribution in [0.1, 0.15) is 26.2 Å². The molecule has 0 spiro atoms. The molecule has 1 heterocycles. The number of hydrogen-bond acceptors (Lipinski definition) is 3. The fourth-order valence-electron chi connectivity index (χ4n) is 2.94. The molecule has 0 bridgehead atoms. The number of likely N-dealkylation sites (tertiary alicyclic amines) is 1. The summed E-state index contributed by atoms with van der Waals surface area (Å²) in [4.78, 5) is 14.4. The summed E-state index contributed by atoms with van der Waals surface area (Å²) in [6.45, 7) is 4.15. The monoisotopic (exact) mass is 309 g/mol. The van der Waals surface area contributed by atoms with Crippen molar-refractivity contribution in [1.82, 2.24) is 4.90 Å². The van der Waals surface area contributed by atoms with Gasteiger partial charge in [0, 0.05) is 12.6 Å². The van der Waals surface area contributed by atoms with Crippen LogP contribution in [0.4, 0.5) is 5.69 Å². The molecule has 0 saturated carbocycles. The van der Waals surface area contributed by atoms with Crippen molar-refractivity contribution in [2.75, 3.05) is 25.0 Å². The second-order valence-electron chi connectivity index (χ2n) is 5.69. The van der Waals surface area contributed by atoms with E-state index in [0.717, 1.165) is 25.3 Å². The molecule has 1 fully saturated rings. The zero-order chi connectivity index (χ0) is 15.2. The van der Waals surface area contributed by atoms with E-state index in [4.69, 9.17) is 17.3 Å². The number of carbonyl (C=O) groups excluding carboxylic acids is 1. The lowest BCUT2D eigenvalue weighted by Crippen LogP contribution is -2.49. The molecule has 4 nitrogen and oxygen atoms in total. The Morgan fingerprint density at radius 1 is 1.48 bits per heavy atom. The topological polar surface area (TPSA) is 58.4 Å². The van der Waals surface area contributed by atoms with E-state index in [2.05, 4.69) is 17.1 Å². The van der Waals surface area contributed by atoms with Crippen molar-refractivity contribution in [1.29, 1.82) is 0 Å². The Morgan fingerprint density at radius 3 is 2.90 bits per heavy atom. The molecule has 1 aliphatic rings. The zero-order valence-corrected chi connectivity index (χ0v) is 13.3. The molecule has 0 aromatic heterocycles. The smallest absolute Gasteiger partial charge is 0.238 e. The minimum atomic E-state index is -0.0310. The van der Waals surface area contributed by atoms with Crippen molar-refractivity contribution in [3.8, 4) is 0 Å². The zero-order valence-electron chi connectivity index (χ0n) is 12.5. The van der Waals surface area contributed by atoms with E-state index in [1.54, 1.807) is 6.07 Å². The molecule has 2 atom stereocenters. The number of para-hydroxylation sites is 1. The molecule has 0 radical (unpaired) electrons. The molecule has 21 heavy (non-hydrogen) atoms. The largest absolute Gasteiger partial charge is 0.329 e. The molecule has 116 valence electrons. The van der Waals surface area contributed by atoms with Gasteiger partial charge in [0.1, 0.15) is 0 Å². The van der Waals surface area contributed by atoms with Gasteiger partial charge in [-0.05, 0) is 37.4 Å². The minimum Gasteiger partial charge on any atom is -0.329 e. The van der Waals surface area contributed by atoms with Gasteiger partial charge in [-0.1, -0.05) is 37.1 Å². The molecule has 5 heteroatoms. The molecule has 1 aromatic rings. The average Bonchev–Trinajstić information content (AvgIpc) is 2.50. The summed E-state index contributed by atoms with van der Waals surface area (Å²) >= 11 is 6.06. The second-order valence-corrected chi connectivity index (χ2v) is 6.09.